The summed E-state index contributed by atoms with van der Waals surface area (Å²) in [5.74, 6) is -0.625. The molecule has 0 radical (unpaired) electrons. The Hall–Kier alpha value is -3.06. The number of aliphatic hydroxyl groups excluding tert-OH is 1. The number of rotatable bonds is 4. The third-order valence-corrected chi connectivity index (χ3v) is 7.42. The van der Waals surface area contributed by atoms with Crippen molar-refractivity contribution >= 4 is 5.78 Å². The Kier molecular flexibility index (Phi) is 6.45. The van der Waals surface area contributed by atoms with Crippen molar-refractivity contribution in [3.63, 3.8) is 0 Å². The van der Waals surface area contributed by atoms with Crippen LogP contribution >= 0.6 is 0 Å². The van der Waals surface area contributed by atoms with E-state index in [1.807, 2.05) is 6.92 Å². The van der Waals surface area contributed by atoms with E-state index in [2.05, 4.69) is 0 Å². The average Bonchev–Trinajstić information content (AvgIpc) is 3.37. The highest BCUT2D eigenvalue weighted by molar-refractivity contribution is 6.14. The van der Waals surface area contributed by atoms with Crippen LogP contribution in [0.3, 0.4) is 0 Å². The maximum atomic E-state index is 14.0. The molecule has 1 aromatic heterocycles. The molecule has 2 aliphatic carbocycles. The Morgan fingerprint density at radius 2 is 1.64 bits per heavy atom. The molecule has 3 nitrogen and oxygen atoms in total. The molecule has 1 N–H and O–H groups in total. The lowest BCUT2D eigenvalue weighted by Gasteiger charge is -2.31. The number of fused-ring (bicyclic) bond motifs is 1. The number of hydrogen-bond acceptors (Lipinski definition) is 3. The highest BCUT2D eigenvalue weighted by Gasteiger charge is 2.36. The van der Waals surface area contributed by atoms with E-state index in [4.69, 9.17) is 4.98 Å². The van der Waals surface area contributed by atoms with Crippen LogP contribution in [0.5, 0.6) is 0 Å². The second-order valence-electron chi connectivity index (χ2n) is 10.1. The van der Waals surface area contributed by atoms with Gasteiger partial charge in [-0.05, 0) is 61.4 Å². The molecule has 0 spiro atoms. The summed E-state index contributed by atoms with van der Waals surface area (Å²) in [5, 5.41) is 11.1. The van der Waals surface area contributed by atoms with Crippen molar-refractivity contribution in [2.24, 2.45) is 5.92 Å². The van der Waals surface area contributed by atoms with Crippen molar-refractivity contribution in [2.75, 3.05) is 0 Å². The average molecular weight is 498 g/mol. The van der Waals surface area contributed by atoms with E-state index in [0.29, 0.717) is 40.8 Å². The first-order valence-corrected chi connectivity index (χ1v) is 12.4. The SMILES string of the molecule is CC1Cc2nc(C3CCCC3)c(C(=O)c3ccc(C(F)(F)F)cc3)c(-c3ccc(F)cc3)c2C(O)C1. The highest BCUT2D eigenvalue weighted by atomic mass is 19.4. The number of alkyl halides is 3. The van der Waals surface area contributed by atoms with Crippen LogP contribution in [0.1, 0.15) is 89.5 Å². The van der Waals surface area contributed by atoms with Gasteiger partial charge in [-0.3, -0.25) is 9.78 Å². The summed E-state index contributed by atoms with van der Waals surface area (Å²) in [7, 11) is 0. The van der Waals surface area contributed by atoms with E-state index < -0.39 is 29.4 Å². The minimum absolute atomic E-state index is 0.0391. The molecule has 1 heterocycles. The predicted molar refractivity (Wildman–Crippen MR) is 128 cm³/mol. The molecule has 1 fully saturated rings. The van der Waals surface area contributed by atoms with Crippen molar-refractivity contribution in [3.8, 4) is 11.1 Å². The molecule has 2 aliphatic rings. The Bertz CT molecular complexity index is 1280. The van der Waals surface area contributed by atoms with Crippen molar-refractivity contribution in [3.05, 3.63) is 88.0 Å². The molecule has 2 aromatic carbocycles. The van der Waals surface area contributed by atoms with Crippen LogP contribution in [-0.4, -0.2) is 15.9 Å². The van der Waals surface area contributed by atoms with Gasteiger partial charge in [0.15, 0.2) is 5.78 Å². The molecule has 36 heavy (non-hydrogen) atoms. The zero-order valence-corrected chi connectivity index (χ0v) is 19.9. The van der Waals surface area contributed by atoms with E-state index in [-0.39, 0.29) is 17.4 Å². The number of benzene rings is 2. The lowest BCUT2D eigenvalue weighted by Crippen LogP contribution is -2.24. The summed E-state index contributed by atoms with van der Waals surface area (Å²) < 4.78 is 53.3. The first-order chi connectivity index (χ1) is 17.1. The molecule has 7 heteroatoms. The molecule has 0 amide bonds. The summed E-state index contributed by atoms with van der Waals surface area (Å²) in [6, 6.07) is 9.97. The van der Waals surface area contributed by atoms with Gasteiger partial charge in [0.1, 0.15) is 5.82 Å². The number of carbonyl (C=O) groups excluding carboxylic acids is 1. The lowest BCUT2D eigenvalue weighted by atomic mass is 9.77. The van der Waals surface area contributed by atoms with Crippen LogP contribution in [0, 0.1) is 11.7 Å². The lowest BCUT2D eigenvalue weighted by molar-refractivity contribution is -0.137. The van der Waals surface area contributed by atoms with Gasteiger partial charge in [0.05, 0.1) is 22.9 Å². The van der Waals surface area contributed by atoms with Gasteiger partial charge in [-0.25, -0.2) is 4.39 Å². The van der Waals surface area contributed by atoms with Crippen LogP contribution in [0.4, 0.5) is 17.6 Å². The molecule has 0 saturated heterocycles. The molecule has 5 rings (SSSR count). The van der Waals surface area contributed by atoms with E-state index in [1.54, 1.807) is 12.1 Å². The maximum absolute atomic E-state index is 14.0. The first-order valence-electron chi connectivity index (χ1n) is 12.4. The van der Waals surface area contributed by atoms with Crippen LogP contribution in [0.2, 0.25) is 0 Å². The minimum Gasteiger partial charge on any atom is -0.388 e. The molecule has 0 aliphatic heterocycles. The molecule has 1 saturated carbocycles. The first kappa shape index (κ1) is 24.6. The number of carbonyl (C=O) groups is 1. The van der Waals surface area contributed by atoms with Crippen molar-refractivity contribution in [2.45, 2.75) is 63.6 Å². The summed E-state index contributed by atoms with van der Waals surface area (Å²) in [4.78, 5) is 19.0. The van der Waals surface area contributed by atoms with E-state index in [9.17, 15) is 27.5 Å². The topological polar surface area (TPSA) is 50.2 Å². The van der Waals surface area contributed by atoms with Gasteiger partial charge >= 0.3 is 6.18 Å². The smallest absolute Gasteiger partial charge is 0.388 e. The van der Waals surface area contributed by atoms with Crippen molar-refractivity contribution < 1.29 is 27.5 Å². The Labute approximate surface area is 207 Å². The zero-order chi connectivity index (χ0) is 25.6. The normalized spacial score (nSPS) is 20.4. The van der Waals surface area contributed by atoms with Gasteiger partial charge in [-0.1, -0.05) is 44.0 Å². The standard InChI is InChI=1S/C29H27F4NO2/c1-16-14-22-25(23(35)15-16)24(17-8-12-21(30)13-9-17)26(27(34-22)18-4-2-3-5-18)28(36)19-6-10-20(11-7-19)29(31,32)33/h6-13,16,18,23,35H,2-5,14-15H2,1H3. The van der Waals surface area contributed by atoms with Crippen LogP contribution < -0.4 is 0 Å². The number of ketones is 1. The van der Waals surface area contributed by atoms with Gasteiger partial charge in [-0.2, -0.15) is 13.2 Å². The minimum atomic E-state index is -4.51. The largest absolute Gasteiger partial charge is 0.416 e. The van der Waals surface area contributed by atoms with Gasteiger partial charge in [0.25, 0.3) is 0 Å². The van der Waals surface area contributed by atoms with Crippen molar-refractivity contribution in [1.82, 2.24) is 4.98 Å². The number of pyridine rings is 1. The molecular weight excluding hydrogens is 470 g/mol. The summed E-state index contributed by atoms with van der Waals surface area (Å²) in [6.07, 6.45) is -0.489. The van der Waals surface area contributed by atoms with Crippen molar-refractivity contribution in [1.29, 1.82) is 0 Å². The second kappa shape index (κ2) is 9.43. The monoisotopic (exact) mass is 497 g/mol. The molecule has 0 bridgehead atoms. The van der Waals surface area contributed by atoms with Crippen LogP contribution in [-0.2, 0) is 12.6 Å². The summed E-state index contributed by atoms with van der Waals surface area (Å²) in [5.41, 5.74) is 2.64. The predicted octanol–water partition coefficient (Wildman–Crippen LogP) is 7.41. The number of aliphatic hydroxyl groups is 1. The second-order valence-corrected chi connectivity index (χ2v) is 10.1. The maximum Gasteiger partial charge on any atom is 0.416 e. The quantitative estimate of drug-likeness (QED) is 0.302. The number of nitrogens with zero attached hydrogens (tertiary/aromatic N) is 1. The van der Waals surface area contributed by atoms with E-state index >= 15 is 0 Å². The van der Waals surface area contributed by atoms with Gasteiger partial charge in [0, 0.05) is 28.3 Å². The number of halogens is 4. The van der Waals surface area contributed by atoms with E-state index in [0.717, 1.165) is 43.5 Å². The Balaban J connectivity index is 1.77. The molecule has 2 atom stereocenters. The van der Waals surface area contributed by atoms with Gasteiger partial charge in [0.2, 0.25) is 0 Å². The third-order valence-electron chi connectivity index (χ3n) is 7.42. The van der Waals surface area contributed by atoms with Crippen LogP contribution in [0.25, 0.3) is 11.1 Å². The Morgan fingerprint density at radius 1 is 1.00 bits per heavy atom. The highest BCUT2D eigenvalue weighted by Crippen LogP contribution is 2.46. The molecule has 3 aromatic rings. The fourth-order valence-electron chi connectivity index (χ4n) is 5.69. The van der Waals surface area contributed by atoms with E-state index in [1.165, 1.54) is 24.3 Å². The molecule has 2 unspecified atom stereocenters. The van der Waals surface area contributed by atoms with Gasteiger partial charge in [-0.15, -0.1) is 0 Å². The fraction of sp³-hybridized carbons (Fsp3) is 0.379. The fourth-order valence-corrected chi connectivity index (χ4v) is 5.69. The summed E-state index contributed by atoms with van der Waals surface area (Å²) >= 11 is 0. The third kappa shape index (κ3) is 4.57. The van der Waals surface area contributed by atoms with Gasteiger partial charge < -0.3 is 5.11 Å². The Morgan fingerprint density at radius 3 is 2.25 bits per heavy atom. The molecule has 188 valence electrons. The molecular formula is C29H27F4NO2. The number of aromatic nitrogens is 1. The van der Waals surface area contributed by atoms with Crippen LogP contribution in [0.15, 0.2) is 48.5 Å². The number of hydrogen-bond donors (Lipinski definition) is 1. The zero-order valence-electron chi connectivity index (χ0n) is 19.9. The summed E-state index contributed by atoms with van der Waals surface area (Å²) in [6.45, 7) is 2.04.